The number of carbonyl (C=O) groups is 1. The fraction of sp³-hybridized carbons (Fsp3) is 0.350. The molecule has 0 unspecified atom stereocenters. The van der Waals surface area contributed by atoms with Gasteiger partial charge in [0.1, 0.15) is 11.8 Å². The van der Waals surface area contributed by atoms with Crippen LogP contribution in [-0.2, 0) is 14.6 Å². The van der Waals surface area contributed by atoms with Gasteiger partial charge in [-0.15, -0.1) is 0 Å². The smallest absolute Gasteiger partial charge is 0.246 e. The van der Waals surface area contributed by atoms with Gasteiger partial charge in [-0.25, -0.2) is 8.42 Å². The molecule has 7 heteroatoms. The van der Waals surface area contributed by atoms with E-state index < -0.39 is 15.9 Å². The maximum atomic E-state index is 13.1. The van der Waals surface area contributed by atoms with Gasteiger partial charge in [-0.2, -0.15) is 0 Å². The third-order valence-corrected chi connectivity index (χ3v) is 6.41. The average Bonchev–Trinajstić information content (AvgIpc) is 2.99. The summed E-state index contributed by atoms with van der Waals surface area (Å²) in [5.41, 5.74) is 2.37. The molecule has 0 saturated carbocycles. The van der Waals surface area contributed by atoms with Gasteiger partial charge in [-0.1, -0.05) is 36.4 Å². The fourth-order valence-electron chi connectivity index (χ4n) is 3.26. The van der Waals surface area contributed by atoms with Crippen LogP contribution in [0.2, 0.25) is 0 Å². The van der Waals surface area contributed by atoms with E-state index in [0.29, 0.717) is 17.9 Å². The number of amides is 1. The molecular weight excluding hydrogens is 364 g/mol. The summed E-state index contributed by atoms with van der Waals surface area (Å²) in [5.74, 6) is 0.523. The fourth-order valence-corrected chi connectivity index (χ4v) is 4.94. The number of sulfone groups is 1. The number of ether oxygens (including phenoxy) is 1. The highest BCUT2D eigenvalue weighted by molar-refractivity contribution is 7.91. The van der Waals surface area contributed by atoms with Gasteiger partial charge in [0.15, 0.2) is 9.84 Å². The molecule has 2 aromatic rings. The second-order valence-corrected chi connectivity index (χ2v) is 9.03. The van der Waals surface area contributed by atoms with Crippen LogP contribution in [0.1, 0.15) is 23.6 Å². The molecule has 2 atom stereocenters. The van der Waals surface area contributed by atoms with Gasteiger partial charge in [0, 0.05) is 6.04 Å². The van der Waals surface area contributed by atoms with Crippen molar-refractivity contribution >= 4 is 21.4 Å². The lowest BCUT2D eigenvalue weighted by atomic mass is 10.0. The van der Waals surface area contributed by atoms with Gasteiger partial charge >= 0.3 is 0 Å². The van der Waals surface area contributed by atoms with Crippen LogP contribution in [0.15, 0.2) is 48.5 Å². The molecule has 0 spiro atoms. The van der Waals surface area contributed by atoms with Crippen LogP contribution < -0.4 is 15.4 Å². The number of methoxy groups -OCH3 is 1. The lowest BCUT2D eigenvalue weighted by Gasteiger charge is -2.23. The molecule has 0 radical (unpaired) electrons. The first-order valence-corrected chi connectivity index (χ1v) is 10.7. The number of hydrogen-bond acceptors (Lipinski definition) is 5. The Morgan fingerprint density at radius 1 is 1.19 bits per heavy atom. The standard InChI is InChI=1S/C20H24N2O4S/c1-14-8-9-18(26-2)17(12-14)22-20(23)19(15-6-4-3-5-7-15)21-16-10-11-27(24,25)13-16/h3-9,12,16,19,21H,10-11,13H2,1-2H3,(H,22,23)/t16-,19+/m0/s1. The Balaban J connectivity index is 1.84. The maximum Gasteiger partial charge on any atom is 0.246 e. The molecule has 27 heavy (non-hydrogen) atoms. The van der Waals surface area contributed by atoms with E-state index in [0.717, 1.165) is 11.1 Å². The molecule has 0 aromatic heterocycles. The van der Waals surface area contributed by atoms with Gasteiger partial charge in [0.2, 0.25) is 5.91 Å². The lowest BCUT2D eigenvalue weighted by molar-refractivity contribution is -0.118. The van der Waals surface area contributed by atoms with Crippen LogP contribution in [0, 0.1) is 6.92 Å². The number of anilines is 1. The zero-order chi connectivity index (χ0) is 19.4. The van der Waals surface area contributed by atoms with E-state index in [1.54, 1.807) is 13.2 Å². The molecule has 6 nitrogen and oxygen atoms in total. The summed E-state index contributed by atoms with van der Waals surface area (Å²) in [6.07, 6.45) is 0.507. The Bertz CT molecular complexity index is 913. The number of aryl methyl sites for hydroxylation is 1. The Morgan fingerprint density at radius 2 is 1.93 bits per heavy atom. The molecule has 1 heterocycles. The molecule has 3 rings (SSSR count). The highest BCUT2D eigenvalue weighted by atomic mass is 32.2. The van der Waals surface area contributed by atoms with Crippen molar-refractivity contribution in [3.63, 3.8) is 0 Å². The summed E-state index contributed by atoms with van der Waals surface area (Å²) in [5, 5.41) is 6.15. The molecule has 2 N–H and O–H groups in total. The van der Waals surface area contributed by atoms with E-state index >= 15 is 0 Å². The Morgan fingerprint density at radius 3 is 2.56 bits per heavy atom. The summed E-state index contributed by atoms with van der Waals surface area (Å²) >= 11 is 0. The van der Waals surface area contributed by atoms with Crippen molar-refractivity contribution in [1.29, 1.82) is 0 Å². The van der Waals surface area contributed by atoms with E-state index in [1.165, 1.54) is 0 Å². The van der Waals surface area contributed by atoms with Crippen molar-refractivity contribution in [3.05, 3.63) is 59.7 Å². The highest BCUT2D eigenvalue weighted by Crippen LogP contribution is 2.27. The topological polar surface area (TPSA) is 84.5 Å². The zero-order valence-corrected chi connectivity index (χ0v) is 16.3. The van der Waals surface area contributed by atoms with E-state index in [9.17, 15) is 13.2 Å². The predicted octanol–water partition coefficient (Wildman–Crippen LogP) is 2.46. The average molecular weight is 388 g/mol. The van der Waals surface area contributed by atoms with Crippen LogP contribution >= 0.6 is 0 Å². The third kappa shape index (κ3) is 4.87. The Hall–Kier alpha value is -2.38. The van der Waals surface area contributed by atoms with Crippen molar-refractivity contribution in [2.24, 2.45) is 0 Å². The number of carbonyl (C=O) groups excluding carboxylic acids is 1. The number of nitrogens with one attached hydrogen (secondary N) is 2. The minimum atomic E-state index is -3.04. The summed E-state index contributed by atoms with van der Waals surface area (Å²) in [4.78, 5) is 13.1. The van der Waals surface area contributed by atoms with Gasteiger partial charge in [-0.05, 0) is 36.6 Å². The molecule has 144 valence electrons. The molecule has 0 aliphatic carbocycles. The van der Waals surface area contributed by atoms with Crippen molar-refractivity contribution < 1.29 is 17.9 Å². The van der Waals surface area contributed by atoms with E-state index in [-0.39, 0.29) is 23.5 Å². The minimum absolute atomic E-state index is 0.0530. The Labute approximate surface area is 159 Å². The largest absolute Gasteiger partial charge is 0.495 e. The van der Waals surface area contributed by atoms with Crippen LogP contribution in [-0.4, -0.2) is 39.0 Å². The first-order chi connectivity index (χ1) is 12.9. The normalized spacial score (nSPS) is 19.4. The maximum absolute atomic E-state index is 13.1. The van der Waals surface area contributed by atoms with Gasteiger partial charge in [0.05, 0.1) is 24.3 Å². The second-order valence-electron chi connectivity index (χ2n) is 6.80. The molecule has 1 fully saturated rings. The first kappa shape index (κ1) is 19.4. The van der Waals surface area contributed by atoms with Crippen molar-refractivity contribution in [2.45, 2.75) is 25.4 Å². The van der Waals surface area contributed by atoms with Crippen LogP contribution in [0.25, 0.3) is 0 Å². The highest BCUT2D eigenvalue weighted by Gasteiger charge is 2.32. The molecule has 1 saturated heterocycles. The summed E-state index contributed by atoms with van der Waals surface area (Å²) in [6.45, 7) is 1.94. The van der Waals surface area contributed by atoms with E-state index in [2.05, 4.69) is 10.6 Å². The van der Waals surface area contributed by atoms with Gasteiger partial charge in [0.25, 0.3) is 0 Å². The zero-order valence-electron chi connectivity index (χ0n) is 15.4. The summed E-state index contributed by atoms with van der Waals surface area (Å²) < 4.78 is 28.9. The molecule has 1 amide bonds. The van der Waals surface area contributed by atoms with Crippen LogP contribution in [0.5, 0.6) is 5.75 Å². The third-order valence-electron chi connectivity index (χ3n) is 4.64. The monoisotopic (exact) mass is 388 g/mol. The van der Waals surface area contributed by atoms with E-state index in [1.807, 2.05) is 49.4 Å². The van der Waals surface area contributed by atoms with Crippen molar-refractivity contribution in [1.82, 2.24) is 5.32 Å². The minimum Gasteiger partial charge on any atom is -0.495 e. The Kier molecular flexibility index (Phi) is 5.82. The molecule has 0 bridgehead atoms. The van der Waals surface area contributed by atoms with Crippen molar-refractivity contribution in [2.75, 3.05) is 23.9 Å². The molecule has 1 aliphatic rings. The van der Waals surface area contributed by atoms with Gasteiger partial charge < -0.3 is 10.1 Å². The van der Waals surface area contributed by atoms with Crippen molar-refractivity contribution in [3.8, 4) is 5.75 Å². The molecular formula is C20H24N2O4S. The number of benzene rings is 2. The number of rotatable bonds is 6. The predicted molar refractivity (Wildman–Crippen MR) is 106 cm³/mol. The van der Waals surface area contributed by atoms with Crippen LogP contribution in [0.4, 0.5) is 5.69 Å². The quantitative estimate of drug-likeness (QED) is 0.794. The van der Waals surface area contributed by atoms with Crippen LogP contribution in [0.3, 0.4) is 0 Å². The second kappa shape index (κ2) is 8.10. The van der Waals surface area contributed by atoms with E-state index in [4.69, 9.17) is 4.74 Å². The number of hydrogen-bond donors (Lipinski definition) is 2. The lowest BCUT2D eigenvalue weighted by Crippen LogP contribution is -2.40. The summed E-state index contributed by atoms with van der Waals surface area (Å²) in [6, 6.07) is 14.0. The summed E-state index contributed by atoms with van der Waals surface area (Å²) in [7, 11) is -1.49. The SMILES string of the molecule is COc1ccc(C)cc1NC(=O)[C@H](N[C@H]1CCS(=O)(=O)C1)c1ccccc1. The first-order valence-electron chi connectivity index (χ1n) is 8.85. The molecule has 2 aromatic carbocycles. The van der Waals surface area contributed by atoms with Gasteiger partial charge in [-0.3, -0.25) is 10.1 Å². The molecule has 1 aliphatic heterocycles.